The van der Waals surface area contributed by atoms with E-state index in [0.29, 0.717) is 0 Å². The highest BCUT2D eigenvalue weighted by atomic mass is 16.5. The summed E-state index contributed by atoms with van der Waals surface area (Å²) in [4.78, 5) is 12.2. The van der Waals surface area contributed by atoms with Crippen molar-refractivity contribution in [2.24, 2.45) is 0 Å². The number of nitrogens with zero attached hydrogens (tertiary/aromatic N) is 5. The second-order valence-electron chi connectivity index (χ2n) is 6.83. The van der Waals surface area contributed by atoms with Gasteiger partial charge in [0.15, 0.2) is 0 Å². The van der Waals surface area contributed by atoms with Crippen LogP contribution in [0.15, 0.2) is 60.9 Å². The molecule has 0 amide bonds. The lowest BCUT2D eigenvalue weighted by Gasteiger charge is -2.26. The van der Waals surface area contributed by atoms with Crippen molar-refractivity contribution < 1.29 is 4.74 Å². The van der Waals surface area contributed by atoms with Gasteiger partial charge in [-0.05, 0) is 24.6 Å². The summed E-state index contributed by atoms with van der Waals surface area (Å²) in [6, 6.07) is 15.1. The van der Waals surface area contributed by atoms with Crippen LogP contribution in [-0.2, 0) is 0 Å². The molecule has 1 N–H and O–H groups in total. The number of methoxy groups -OCH3 is 1. The van der Waals surface area contributed by atoms with Crippen LogP contribution in [0.4, 0.5) is 5.69 Å². The van der Waals surface area contributed by atoms with Crippen molar-refractivity contribution in [2.45, 2.75) is 12.5 Å². The second-order valence-corrected chi connectivity index (χ2v) is 6.83. The molecule has 7 heteroatoms. The molecule has 0 unspecified atom stereocenters. The van der Waals surface area contributed by atoms with Crippen LogP contribution in [0.1, 0.15) is 18.3 Å². The third-order valence-electron chi connectivity index (χ3n) is 5.02. The molecule has 139 valence electrons. The van der Waals surface area contributed by atoms with E-state index in [1.54, 1.807) is 24.3 Å². The van der Waals surface area contributed by atoms with Crippen LogP contribution in [0.25, 0.3) is 16.7 Å². The third-order valence-corrected chi connectivity index (χ3v) is 5.02. The first-order valence-corrected chi connectivity index (χ1v) is 9.07. The average Bonchev–Trinajstić information content (AvgIpc) is 3.46. The third kappa shape index (κ3) is 2.72. The lowest BCUT2D eigenvalue weighted by atomic mass is 10.1. The number of para-hydroxylation sites is 1. The SMILES string of the molecule is C=C1C[C@@H](c2nc3cc(OC)ccc3[nH]2)N(c2ccc[c]c2-n2nccn2)C1. The normalized spacial score (nSPS) is 16.8. The van der Waals surface area contributed by atoms with Crippen molar-refractivity contribution in [1.29, 1.82) is 0 Å². The topological polar surface area (TPSA) is 71.9 Å². The molecular formula is C21H19N6O. The molecule has 1 atom stereocenters. The fraction of sp³-hybridized carbons (Fsp3) is 0.190. The number of hydrogen-bond donors (Lipinski definition) is 1. The molecule has 1 aliphatic rings. The van der Waals surface area contributed by atoms with Crippen LogP contribution in [0.2, 0.25) is 0 Å². The van der Waals surface area contributed by atoms with Gasteiger partial charge < -0.3 is 14.6 Å². The number of aromatic amines is 1. The van der Waals surface area contributed by atoms with E-state index in [-0.39, 0.29) is 6.04 Å². The second kappa shape index (κ2) is 6.53. The van der Waals surface area contributed by atoms with E-state index in [4.69, 9.17) is 9.72 Å². The van der Waals surface area contributed by atoms with Gasteiger partial charge in [-0.15, -0.1) is 4.80 Å². The fourth-order valence-electron chi connectivity index (χ4n) is 3.73. The molecular weight excluding hydrogens is 352 g/mol. The minimum absolute atomic E-state index is 0.0519. The zero-order valence-corrected chi connectivity index (χ0v) is 15.5. The Balaban J connectivity index is 1.58. The number of hydrogen-bond acceptors (Lipinski definition) is 5. The summed E-state index contributed by atoms with van der Waals surface area (Å²) in [5, 5.41) is 8.55. The molecule has 28 heavy (non-hydrogen) atoms. The van der Waals surface area contributed by atoms with Gasteiger partial charge in [0, 0.05) is 18.7 Å². The minimum atomic E-state index is 0.0519. The predicted octanol–water partition coefficient (Wildman–Crippen LogP) is 3.46. The number of ether oxygens (including phenoxy) is 1. The molecule has 1 saturated heterocycles. The summed E-state index contributed by atoms with van der Waals surface area (Å²) >= 11 is 0. The average molecular weight is 371 g/mol. The zero-order chi connectivity index (χ0) is 19.1. The number of anilines is 1. The number of rotatable bonds is 4. The Kier molecular flexibility index (Phi) is 3.86. The molecule has 2 aromatic heterocycles. The van der Waals surface area contributed by atoms with Crippen molar-refractivity contribution in [3.05, 3.63) is 72.8 Å². The Morgan fingerprint density at radius 3 is 2.93 bits per heavy atom. The van der Waals surface area contributed by atoms with Crippen LogP contribution in [-0.4, -0.2) is 38.6 Å². The maximum absolute atomic E-state index is 5.32. The van der Waals surface area contributed by atoms with Gasteiger partial charge in [-0.2, -0.15) is 10.2 Å². The van der Waals surface area contributed by atoms with Crippen molar-refractivity contribution in [2.75, 3.05) is 18.6 Å². The van der Waals surface area contributed by atoms with E-state index < -0.39 is 0 Å². The van der Waals surface area contributed by atoms with Crippen molar-refractivity contribution >= 4 is 16.7 Å². The Morgan fingerprint density at radius 2 is 2.11 bits per heavy atom. The Morgan fingerprint density at radius 1 is 1.25 bits per heavy atom. The largest absolute Gasteiger partial charge is 0.497 e. The monoisotopic (exact) mass is 371 g/mol. The first-order chi connectivity index (χ1) is 13.7. The molecule has 0 saturated carbocycles. The van der Waals surface area contributed by atoms with Gasteiger partial charge in [0.05, 0.1) is 42.3 Å². The molecule has 0 aliphatic carbocycles. The van der Waals surface area contributed by atoms with E-state index in [2.05, 4.69) is 38.8 Å². The maximum Gasteiger partial charge on any atom is 0.130 e. The van der Waals surface area contributed by atoms with Gasteiger partial charge in [0.2, 0.25) is 0 Å². The summed E-state index contributed by atoms with van der Waals surface area (Å²) in [6.45, 7) is 4.97. The quantitative estimate of drug-likeness (QED) is 0.556. The summed E-state index contributed by atoms with van der Waals surface area (Å²) < 4.78 is 5.32. The molecule has 1 radical (unpaired) electrons. The van der Waals surface area contributed by atoms with Crippen LogP contribution in [0.5, 0.6) is 5.75 Å². The number of fused-ring (bicyclic) bond motifs is 1. The molecule has 3 heterocycles. The van der Waals surface area contributed by atoms with Crippen molar-refractivity contribution in [3.63, 3.8) is 0 Å². The van der Waals surface area contributed by atoms with Gasteiger partial charge in [0.25, 0.3) is 0 Å². The molecule has 1 fully saturated rings. The molecule has 2 aromatic carbocycles. The zero-order valence-electron chi connectivity index (χ0n) is 15.5. The minimum Gasteiger partial charge on any atom is -0.497 e. The Labute approximate surface area is 162 Å². The number of aromatic nitrogens is 5. The molecule has 7 nitrogen and oxygen atoms in total. The van der Waals surface area contributed by atoms with Crippen molar-refractivity contribution in [3.8, 4) is 11.4 Å². The van der Waals surface area contributed by atoms with Gasteiger partial charge in [-0.1, -0.05) is 24.3 Å². The maximum atomic E-state index is 5.32. The van der Waals surface area contributed by atoms with Crippen LogP contribution >= 0.6 is 0 Å². The first-order valence-electron chi connectivity index (χ1n) is 9.07. The molecule has 4 aromatic rings. The number of imidazole rings is 1. The standard InChI is InChI=1S/C21H19N6O/c1-14-11-20(21-24-16-8-7-15(28-2)12-17(16)25-21)26(13-14)18-5-3-4-6-19(18)27-22-9-10-23-27/h3-5,7-10,12,20H,1,11,13H2,2H3,(H,24,25)/t20-/m0/s1. The number of benzene rings is 2. The number of H-pyrrole nitrogens is 1. The fourth-order valence-corrected chi connectivity index (χ4v) is 3.73. The van der Waals surface area contributed by atoms with Gasteiger partial charge in [-0.3, -0.25) is 0 Å². The van der Waals surface area contributed by atoms with Gasteiger partial charge in [-0.25, -0.2) is 4.98 Å². The summed E-state index contributed by atoms with van der Waals surface area (Å²) in [5.74, 6) is 1.70. The lowest BCUT2D eigenvalue weighted by molar-refractivity contribution is 0.415. The Hall–Kier alpha value is -3.61. The number of nitrogens with one attached hydrogen (secondary N) is 1. The van der Waals surface area contributed by atoms with E-state index in [0.717, 1.165) is 52.5 Å². The van der Waals surface area contributed by atoms with Gasteiger partial charge >= 0.3 is 0 Å². The summed E-state index contributed by atoms with van der Waals surface area (Å²) in [7, 11) is 1.66. The highest BCUT2D eigenvalue weighted by molar-refractivity contribution is 5.77. The van der Waals surface area contributed by atoms with E-state index in [9.17, 15) is 0 Å². The summed E-state index contributed by atoms with van der Waals surface area (Å²) in [6.07, 6.45) is 4.16. The molecule has 0 bridgehead atoms. The van der Waals surface area contributed by atoms with Crippen LogP contribution < -0.4 is 9.64 Å². The Bertz CT molecular complexity index is 1150. The highest BCUT2D eigenvalue weighted by Crippen LogP contribution is 2.39. The molecule has 5 rings (SSSR count). The lowest BCUT2D eigenvalue weighted by Crippen LogP contribution is -2.25. The van der Waals surface area contributed by atoms with Crippen molar-refractivity contribution in [1.82, 2.24) is 25.0 Å². The smallest absolute Gasteiger partial charge is 0.130 e. The summed E-state index contributed by atoms with van der Waals surface area (Å²) in [5.41, 5.74) is 4.85. The highest BCUT2D eigenvalue weighted by Gasteiger charge is 2.32. The molecule has 1 aliphatic heterocycles. The van der Waals surface area contributed by atoms with E-state index >= 15 is 0 Å². The van der Waals surface area contributed by atoms with Crippen LogP contribution in [0.3, 0.4) is 0 Å². The van der Waals surface area contributed by atoms with Gasteiger partial charge in [0.1, 0.15) is 17.3 Å². The van der Waals surface area contributed by atoms with Crippen LogP contribution in [0, 0.1) is 6.07 Å². The molecule has 0 spiro atoms. The van der Waals surface area contributed by atoms with E-state index in [1.165, 1.54) is 0 Å². The van der Waals surface area contributed by atoms with E-state index in [1.807, 2.05) is 30.3 Å². The first kappa shape index (κ1) is 16.6. The predicted molar refractivity (Wildman–Crippen MR) is 107 cm³/mol.